The second-order valence-electron chi connectivity index (χ2n) is 6.41. The Balaban J connectivity index is 1.83. The van der Waals surface area contributed by atoms with Crippen molar-refractivity contribution in [3.8, 4) is 0 Å². The lowest BCUT2D eigenvalue weighted by atomic mass is 10.3. The van der Waals surface area contributed by atoms with E-state index in [1.807, 2.05) is 18.5 Å². The van der Waals surface area contributed by atoms with Crippen molar-refractivity contribution in [3.05, 3.63) is 17.5 Å². The summed E-state index contributed by atoms with van der Waals surface area (Å²) in [5, 5.41) is 7.84. The third-order valence-corrected chi connectivity index (χ3v) is 4.33. The number of aryl methyl sites for hydroxylation is 3. The molecule has 1 aromatic heterocycles. The van der Waals surface area contributed by atoms with Gasteiger partial charge in [-0.25, -0.2) is 4.79 Å². The molecule has 2 rings (SSSR count). The van der Waals surface area contributed by atoms with Gasteiger partial charge >= 0.3 is 6.09 Å². The second kappa shape index (κ2) is 10.0. The Labute approximate surface area is 156 Å². The summed E-state index contributed by atoms with van der Waals surface area (Å²) in [6, 6.07) is 2.09. The topological polar surface area (TPSA) is 75.0 Å². The molecule has 8 nitrogen and oxygen atoms in total. The van der Waals surface area contributed by atoms with Gasteiger partial charge < -0.3 is 19.9 Å². The first-order chi connectivity index (χ1) is 12.5. The van der Waals surface area contributed by atoms with Crippen LogP contribution in [0.1, 0.15) is 31.7 Å². The maximum atomic E-state index is 11.8. The lowest BCUT2D eigenvalue weighted by molar-refractivity contribution is 0.0914. The number of hydrogen-bond acceptors (Lipinski definition) is 4. The number of carbonyl (C=O) groups excluding carboxylic acids is 1. The molecular formula is C18H32N6O2. The number of carbonyl (C=O) groups is 1. The summed E-state index contributed by atoms with van der Waals surface area (Å²) in [5.41, 5.74) is 2.24. The van der Waals surface area contributed by atoms with E-state index >= 15 is 0 Å². The molecule has 1 aliphatic rings. The molecule has 1 saturated heterocycles. The van der Waals surface area contributed by atoms with Crippen LogP contribution in [-0.2, 0) is 11.3 Å². The quantitative estimate of drug-likeness (QED) is 0.472. The molecule has 1 N–H and O–H groups in total. The maximum Gasteiger partial charge on any atom is 0.409 e. The highest BCUT2D eigenvalue weighted by molar-refractivity contribution is 5.80. The molecule has 0 aliphatic carbocycles. The molecule has 1 amide bonds. The third-order valence-electron chi connectivity index (χ3n) is 4.33. The van der Waals surface area contributed by atoms with Crippen molar-refractivity contribution >= 4 is 12.1 Å². The van der Waals surface area contributed by atoms with Crippen LogP contribution in [0, 0.1) is 13.8 Å². The minimum absolute atomic E-state index is 0.223. The molecule has 2 heterocycles. The van der Waals surface area contributed by atoms with Gasteiger partial charge in [-0.2, -0.15) is 5.10 Å². The summed E-state index contributed by atoms with van der Waals surface area (Å²) in [7, 11) is 0. The van der Waals surface area contributed by atoms with E-state index in [1.165, 1.54) is 5.69 Å². The zero-order valence-corrected chi connectivity index (χ0v) is 16.5. The lowest BCUT2D eigenvalue weighted by Gasteiger charge is -2.35. The zero-order chi connectivity index (χ0) is 18.9. The molecule has 0 bridgehead atoms. The van der Waals surface area contributed by atoms with Gasteiger partial charge in [0, 0.05) is 51.5 Å². The summed E-state index contributed by atoms with van der Waals surface area (Å²) in [4.78, 5) is 20.5. The summed E-state index contributed by atoms with van der Waals surface area (Å²) in [6.45, 7) is 13.7. The van der Waals surface area contributed by atoms with E-state index in [1.54, 1.807) is 4.90 Å². The zero-order valence-electron chi connectivity index (χ0n) is 16.5. The first-order valence-corrected chi connectivity index (χ1v) is 9.51. The Morgan fingerprint density at radius 3 is 2.50 bits per heavy atom. The smallest absolute Gasteiger partial charge is 0.409 e. The molecule has 26 heavy (non-hydrogen) atoms. The van der Waals surface area contributed by atoms with Gasteiger partial charge in [-0.3, -0.25) is 9.67 Å². The SMILES string of the molecule is CCNC(=NCCCn1nc(C)cc1C)N1CCN(C(=O)OCC)CC1. The van der Waals surface area contributed by atoms with Crippen molar-refractivity contribution in [2.45, 2.75) is 40.7 Å². The molecule has 0 saturated carbocycles. The Kier molecular flexibility index (Phi) is 7.74. The second-order valence-corrected chi connectivity index (χ2v) is 6.41. The van der Waals surface area contributed by atoms with E-state index in [9.17, 15) is 4.79 Å². The average Bonchev–Trinajstić information content (AvgIpc) is 2.95. The fourth-order valence-corrected chi connectivity index (χ4v) is 3.05. The summed E-state index contributed by atoms with van der Waals surface area (Å²) >= 11 is 0. The standard InChI is InChI=1S/C18H32N6O2/c1-5-19-17(20-8-7-9-24-16(4)14-15(3)21-24)22-10-12-23(13-11-22)18(25)26-6-2/h14H,5-13H2,1-4H3,(H,19,20). The summed E-state index contributed by atoms with van der Waals surface area (Å²) < 4.78 is 7.11. The van der Waals surface area contributed by atoms with E-state index in [-0.39, 0.29) is 6.09 Å². The molecule has 1 fully saturated rings. The van der Waals surface area contributed by atoms with Crippen LogP contribution in [0.4, 0.5) is 4.79 Å². The highest BCUT2D eigenvalue weighted by Gasteiger charge is 2.23. The van der Waals surface area contributed by atoms with Gasteiger partial charge in [0.1, 0.15) is 0 Å². The molecule has 1 aliphatic heterocycles. The lowest BCUT2D eigenvalue weighted by Crippen LogP contribution is -2.53. The number of rotatable bonds is 6. The fourth-order valence-electron chi connectivity index (χ4n) is 3.05. The van der Waals surface area contributed by atoms with Gasteiger partial charge in [-0.15, -0.1) is 0 Å². The van der Waals surface area contributed by atoms with Crippen LogP contribution < -0.4 is 5.32 Å². The van der Waals surface area contributed by atoms with Gasteiger partial charge in [0.2, 0.25) is 0 Å². The highest BCUT2D eigenvalue weighted by atomic mass is 16.6. The van der Waals surface area contributed by atoms with Crippen LogP contribution in [0.3, 0.4) is 0 Å². The number of hydrogen-bond donors (Lipinski definition) is 1. The predicted octanol–water partition coefficient (Wildman–Crippen LogP) is 1.63. The fraction of sp³-hybridized carbons (Fsp3) is 0.722. The van der Waals surface area contributed by atoms with E-state index in [0.717, 1.165) is 50.8 Å². The molecule has 0 atom stereocenters. The van der Waals surface area contributed by atoms with Gasteiger partial charge in [0.15, 0.2) is 5.96 Å². The highest BCUT2D eigenvalue weighted by Crippen LogP contribution is 2.06. The minimum Gasteiger partial charge on any atom is -0.450 e. The monoisotopic (exact) mass is 364 g/mol. The van der Waals surface area contributed by atoms with Crippen LogP contribution in [0.5, 0.6) is 0 Å². The van der Waals surface area contributed by atoms with Crippen LogP contribution in [0.15, 0.2) is 11.1 Å². The van der Waals surface area contributed by atoms with Crippen molar-refractivity contribution in [2.75, 3.05) is 45.9 Å². The summed E-state index contributed by atoms with van der Waals surface area (Å²) in [6.07, 6.45) is 0.721. The Bertz CT molecular complexity index is 605. The first-order valence-electron chi connectivity index (χ1n) is 9.51. The Morgan fingerprint density at radius 1 is 1.23 bits per heavy atom. The number of nitrogens with zero attached hydrogens (tertiary/aromatic N) is 5. The number of nitrogens with one attached hydrogen (secondary N) is 1. The van der Waals surface area contributed by atoms with Crippen molar-refractivity contribution in [2.24, 2.45) is 4.99 Å². The maximum absolute atomic E-state index is 11.8. The molecular weight excluding hydrogens is 332 g/mol. The molecule has 0 unspecified atom stereocenters. The number of piperazine rings is 1. The number of guanidine groups is 1. The predicted molar refractivity (Wildman–Crippen MR) is 102 cm³/mol. The molecule has 1 aromatic rings. The van der Waals surface area contributed by atoms with Crippen molar-refractivity contribution in [1.29, 1.82) is 0 Å². The van der Waals surface area contributed by atoms with Crippen molar-refractivity contribution in [3.63, 3.8) is 0 Å². The van der Waals surface area contributed by atoms with Crippen molar-refractivity contribution < 1.29 is 9.53 Å². The number of ether oxygens (including phenoxy) is 1. The van der Waals surface area contributed by atoms with Gasteiger partial charge in [0.25, 0.3) is 0 Å². The van der Waals surface area contributed by atoms with Crippen LogP contribution >= 0.6 is 0 Å². The summed E-state index contributed by atoms with van der Waals surface area (Å²) in [5.74, 6) is 0.921. The number of aliphatic imine (C=N–C) groups is 1. The molecule has 0 radical (unpaired) electrons. The molecule has 8 heteroatoms. The first kappa shape index (κ1) is 20.1. The average molecular weight is 364 g/mol. The van der Waals surface area contributed by atoms with Crippen LogP contribution in [0.25, 0.3) is 0 Å². The normalized spacial score (nSPS) is 15.3. The van der Waals surface area contributed by atoms with Crippen molar-refractivity contribution in [1.82, 2.24) is 24.9 Å². The molecule has 0 aromatic carbocycles. The minimum atomic E-state index is -0.223. The van der Waals surface area contributed by atoms with Crippen LogP contribution in [-0.4, -0.2) is 77.5 Å². The van der Waals surface area contributed by atoms with Gasteiger partial charge in [-0.1, -0.05) is 0 Å². The molecule has 0 spiro atoms. The van der Waals surface area contributed by atoms with E-state index in [0.29, 0.717) is 19.7 Å². The van der Waals surface area contributed by atoms with Gasteiger partial charge in [0.05, 0.1) is 12.3 Å². The Hall–Kier alpha value is -2.25. The van der Waals surface area contributed by atoms with Crippen LogP contribution in [0.2, 0.25) is 0 Å². The van der Waals surface area contributed by atoms with Gasteiger partial charge in [-0.05, 0) is 40.2 Å². The number of aromatic nitrogens is 2. The number of amides is 1. The van der Waals surface area contributed by atoms with E-state index < -0.39 is 0 Å². The Morgan fingerprint density at radius 2 is 1.92 bits per heavy atom. The van der Waals surface area contributed by atoms with E-state index in [2.05, 4.69) is 35.2 Å². The van der Waals surface area contributed by atoms with E-state index in [4.69, 9.17) is 9.73 Å². The molecule has 146 valence electrons. The third kappa shape index (κ3) is 5.64. The largest absolute Gasteiger partial charge is 0.450 e.